The van der Waals surface area contributed by atoms with E-state index in [-0.39, 0.29) is 11.3 Å². The molecule has 0 aliphatic carbocycles. The Labute approximate surface area is 115 Å². The van der Waals surface area contributed by atoms with E-state index in [0.29, 0.717) is 6.54 Å². The lowest BCUT2D eigenvalue weighted by Gasteiger charge is -2.39. The maximum atomic E-state index is 12.9. The number of aromatic nitrogens is 1. The average molecular weight is 261 g/mol. The van der Waals surface area contributed by atoms with Crippen LogP contribution in [-0.4, -0.2) is 30.5 Å². The first kappa shape index (κ1) is 14.0. The molecule has 1 atom stereocenters. The van der Waals surface area contributed by atoms with Gasteiger partial charge in [-0.3, -0.25) is 9.78 Å². The number of piperidine rings is 1. The fraction of sp³-hybridized carbons (Fsp3) is 0.600. The molecule has 0 saturated carbocycles. The second-order valence-corrected chi connectivity index (χ2v) is 5.17. The van der Waals surface area contributed by atoms with E-state index >= 15 is 0 Å². The van der Waals surface area contributed by atoms with Crippen LogP contribution in [0.4, 0.5) is 5.69 Å². The molecule has 2 heterocycles. The summed E-state index contributed by atoms with van der Waals surface area (Å²) in [5.41, 5.74) is 0.707. The van der Waals surface area contributed by atoms with Crippen LogP contribution in [0.3, 0.4) is 0 Å². The van der Waals surface area contributed by atoms with Gasteiger partial charge in [-0.15, -0.1) is 0 Å². The molecule has 1 fully saturated rings. The molecule has 0 radical (unpaired) electrons. The number of nitrogens with one attached hydrogen (secondary N) is 1. The number of hydrogen-bond acceptors (Lipinski definition) is 3. The molecule has 1 amide bonds. The molecule has 104 valence electrons. The van der Waals surface area contributed by atoms with Gasteiger partial charge in [0.05, 0.1) is 5.41 Å². The first-order valence-electron chi connectivity index (χ1n) is 7.16. The summed E-state index contributed by atoms with van der Waals surface area (Å²) in [6, 6.07) is 3.81. The maximum Gasteiger partial charge on any atom is 0.234 e. The fourth-order valence-electron chi connectivity index (χ4n) is 2.86. The van der Waals surface area contributed by atoms with E-state index in [1.165, 1.54) is 0 Å². The van der Waals surface area contributed by atoms with Crippen LogP contribution in [0.25, 0.3) is 0 Å². The van der Waals surface area contributed by atoms with E-state index in [2.05, 4.69) is 17.2 Å². The molecule has 0 bridgehead atoms. The summed E-state index contributed by atoms with van der Waals surface area (Å²) >= 11 is 0. The van der Waals surface area contributed by atoms with Crippen LogP contribution >= 0.6 is 0 Å². The molecule has 0 spiro atoms. The summed E-state index contributed by atoms with van der Waals surface area (Å²) < 4.78 is 0. The van der Waals surface area contributed by atoms with Crippen LogP contribution in [0, 0.1) is 5.41 Å². The first-order valence-corrected chi connectivity index (χ1v) is 7.16. The van der Waals surface area contributed by atoms with E-state index in [0.717, 1.165) is 38.0 Å². The smallest absolute Gasteiger partial charge is 0.234 e. The molecular formula is C15H23N3O. The standard InChI is InChI=1S/C15H23N3O/c1-3-15(8-5-9-17-12-15)14(19)18(4-2)13-6-10-16-11-7-13/h6-7,10-11,17H,3-5,8-9,12H2,1-2H3. The summed E-state index contributed by atoms with van der Waals surface area (Å²) in [4.78, 5) is 18.9. The minimum Gasteiger partial charge on any atom is -0.316 e. The number of carbonyl (C=O) groups is 1. The van der Waals surface area contributed by atoms with Gasteiger partial charge in [-0.1, -0.05) is 6.92 Å². The van der Waals surface area contributed by atoms with Crippen LogP contribution in [0.5, 0.6) is 0 Å². The highest BCUT2D eigenvalue weighted by Crippen LogP contribution is 2.33. The molecule has 1 N–H and O–H groups in total. The summed E-state index contributed by atoms with van der Waals surface area (Å²) in [7, 11) is 0. The number of pyridine rings is 1. The van der Waals surface area contributed by atoms with Crippen molar-refractivity contribution in [3.8, 4) is 0 Å². The van der Waals surface area contributed by atoms with Gasteiger partial charge in [0.25, 0.3) is 0 Å². The van der Waals surface area contributed by atoms with E-state index in [1.54, 1.807) is 12.4 Å². The zero-order valence-corrected chi connectivity index (χ0v) is 11.9. The SMILES string of the molecule is CCN(C(=O)C1(CC)CCCNC1)c1ccncc1. The van der Waals surface area contributed by atoms with E-state index in [1.807, 2.05) is 24.0 Å². The topological polar surface area (TPSA) is 45.2 Å². The predicted molar refractivity (Wildman–Crippen MR) is 77.1 cm³/mol. The number of rotatable bonds is 4. The average Bonchev–Trinajstić information content (AvgIpc) is 2.49. The summed E-state index contributed by atoms with van der Waals surface area (Å²) in [5, 5.41) is 3.38. The van der Waals surface area contributed by atoms with Gasteiger partial charge in [0.1, 0.15) is 0 Å². The fourth-order valence-corrected chi connectivity index (χ4v) is 2.86. The maximum absolute atomic E-state index is 12.9. The highest BCUT2D eigenvalue weighted by Gasteiger charge is 2.40. The molecule has 4 heteroatoms. The Morgan fingerprint density at radius 2 is 2.16 bits per heavy atom. The Morgan fingerprint density at radius 1 is 1.42 bits per heavy atom. The lowest BCUT2D eigenvalue weighted by atomic mass is 9.77. The molecule has 4 nitrogen and oxygen atoms in total. The van der Waals surface area contributed by atoms with Gasteiger partial charge in [-0.25, -0.2) is 0 Å². The highest BCUT2D eigenvalue weighted by molar-refractivity contribution is 5.97. The van der Waals surface area contributed by atoms with Crippen molar-refractivity contribution in [3.63, 3.8) is 0 Å². The third-order valence-electron chi connectivity index (χ3n) is 4.14. The molecule has 1 aliphatic rings. The lowest BCUT2D eigenvalue weighted by Crippen LogP contribution is -2.51. The van der Waals surface area contributed by atoms with E-state index in [4.69, 9.17) is 0 Å². The summed E-state index contributed by atoms with van der Waals surface area (Å²) in [5.74, 6) is 0.246. The Bertz CT molecular complexity index is 413. The molecule has 1 saturated heterocycles. The van der Waals surface area contributed by atoms with Crippen LogP contribution in [0.1, 0.15) is 33.1 Å². The predicted octanol–water partition coefficient (Wildman–Crippen LogP) is 2.21. The third kappa shape index (κ3) is 2.78. The highest BCUT2D eigenvalue weighted by atomic mass is 16.2. The van der Waals surface area contributed by atoms with Crippen LogP contribution in [0.2, 0.25) is 0 Å². The zero-order valence-electron chi connectivity index (χ0n) is 11.9. The molecule has 1 aromatic heterocycles. The van der Waals surface area contributed by atoms with Gasteiger partial charge in [0, 0.05) is 31.2 Å². The van der Waals surface area contributed by atoms with Crippen LogP contribution < -0.4 is 10.2 Å². The minimum absolute atomic E-state index is 0.239. The molecular weight excluding hydrogens is 238 g/mol. The third-order valence-corrected chi connectivity index (χ3v) is 4.14. The number of nitrogens with zero attached hydrogens (tertiary/aromatic N) is 2. The lowest BCUT2D eigenvalue weighted by molar-refractivity contribution is -0.129. The second-order valence-electron chi connectivity index (χ2n) is 5.17. The number of carbonyl (C=O) groups excluding carboxylic acids is 1. The molecule has 1 unspecified atom stereocenters. The Hall–Kier alpha value is -1.42. The van der Waals surface area contributed by atoms with Crippen molar-refractivity contribution < 1.29 is 4.79 Å². The van der Waals surface area contributed by atoms with Crippen molar-refractivity contribution in [2.75, 3.05) is 24.5 Å². The van der Waals surface area contributed by atoms with Crippen molar-refractivity contribution in [2.24, 2.45) is 5.41 Å². The van der Waals surface area contributed by atoms with Crippen molar-refractivity contribution in [1.82, 2.24) is 10.3 Å². The van der Waals surface area contributed by atoms with E-state index < -0.39 is 0 Å². The van der Waals surface area contributed by atoms with Gasteiger partial charge in [-0.05, 0) is 44.9 Å². The normalized spacial score (nSPS) is 23.1. The minimum atomic E-state index is -0.239. The zero-order chi connectivity index (χ0) is 13.7. The molecule has 1 aliphatic heterocycles. The van der Waals surface area contributed by atoms with Gasteiger partial charge in [-0.2, -0.15) is 0 Å². The Balaban J connectivity index is 2.24. The Morgan fingerprint density at radius 3 is 2.68 bits per heavy atom. The quantitative estimate of drug-likeness (QED) is 0.904. The number of hydrogen-bond donors (Lipinski definition) is 1. The Kier molecular flexibility index (Phi) is 4.53. The van der Waals surface area contributed by atoms with E-state index in [9.17, 15) is 4.79 Å². The number of anilines is 1. The largest absolute Gasteiger partial charge is 0.316 e. The summed E-state index contributed by atoms with van der Waals surface area (Å²) in [6.45, 7) is 6.66. The first-order chi connectivity index (χ1) is 9.23. The van der Waals surface area contributed by atoms with Crippen molar-refractivity contribution in [1.29, 1.82) is 0 Å². The second kappa shape index (κ2) is 6.15. The van der Waals surface area contributed by atoms with Gasteiger partial charge in [0.2, 0.25) is 5.91 Å². The van der Waals surface area contributed by atoms with Gasteiger partial charge in [0.15, 0.2) is 0 Å². The van der Waals surface area contributed by atoms with Gasteiger partial charge >= 0.3 is 0 Å². The molecule has 1 aromatic rings. The van der Waals surface area contributed by atoms with Gasteiger partial charge < -0.3 is 10.2 Å². The molecule has 0 aromatic carbocycles. The molecule has 19 heavy (non-hydrogen) atoms. The molecule has 2 rings (SSSR count). The number of amides is 1. The monoisotopic (exact) mass is 261 g/mol. The van der Waals surface area contributed by atoms with Crippen LogP contribution in [-0.2, 0) is 4.79 Å². The summed E-state index contributed by atoms with van der Waals surface area (Å²) in [6.07, 6.45) is 6.43. The van der Waals surface area contributed by atoms with Crippen molar-refractivity contribution in [3.05, 3.63) is 24.5 Å². The van der Waals surface area contributed by atoms with Crippen molar-refractivity contribution in [2.45, 2.75) is 33.1 Å². The van der Waals surface area contributed by atoms with Crippen molar-refractivity contribution >= 4 is 11.6 Å². The van der Waals surface area contributed by atoms with Crippen LogP contribution in [0.15, 0.2) is 24.5 Å².